The van der Waals surface area contributed by atoms with Gasteiger partial charge in [0.25, 0.3) is 0 Å². The van der Waals surface area contributed by atoms with Crippen molar-refractivity contribution < 1.29 is 9.15 Å². The van der Waals surface area contributed by atoms with E-state index in [-0.39, 0.29) is 0 Å². The summed E-state index contributed by atoms with van der Waals surface area (Å²) in [4.78, 5) is 8.42. The summed E-state index contributed by atoms with van der Waals surface area (Å²) in [6, 6.07) is 9.62. The van der Waals surface area contributed by atoms with Gasteiger partial charge in [-0.05, 0) is 37.3 Å². The number of fused-ring (bicyclic) bond motifs is 1. The molecule has 0 unspecified atom stereocenters. The van der Waals surface area contributed by atoms with Crippen LogP contribution in [0.15, 0.2) is 40.9 Å². The molecule has 0 saturated heterocycles. The van der Waals surface area contributed by atoms with Gasteiger partial charge in [0.1, 0.15) is 23.9 Å². The van der Waals surface area contributed by atoms with E-state index in [1.165, 1.54) is 0 Å². The number of aryl methyl sites for hydroxylation is 1. The van der Waals surface area contributed by atoms with Crippen molar-refractivity contribution in [2.75, 3.05) is 12.5 Å². The molecule has 20 heavy (non-hydrogen) atoms. The summed E-state index contributed by atoms with van der Waals surface area (Å²) in [5.74, 6) is 2.73. The third-order valence-corrected chi connectivity index (χ3v) is 3.03. The van der Waals surface area contributed by atoms with Gasteiger partial charge in [-0.3, -0.25) is 0 Å². The predicted molar refractivity (Wildman–Crippen MR) is 78.2 cm³/mol. The van der Waals surface area contributed by atoms with Crippen LogP contribution in [-0.2, 0) is 0 Å². The minimum Gasteiger partial charge on any atom is -0.492 e. The van der Waals surface area contributed by atoms with Gasteiger partial charge in [-0.15, -0.1) is 11.6 Å². The van der Waals surface area contributed by atoms with Gasteiger partial charge in [-0.2, -0.15) is 4.98 Å². The SMILES string of the molecule is Cc1ncc2cc(-c3ccc(OCCCl)cc3)oc2n1. The van der Waals surface area contributed by atoms with Crippen LogP contribution in [0.2, 0.25) is 0 Å². The molecule has 4 nitrogen and oxygen atoms in total. The number of nitrogens with zero attached hydrogens (tertiary/aromatic N) is 2. The Morgan fingerprint density at radius 3 is 2.80 bits per heavy atom. The molecule has 0 fully saturated rings. The molecule has 2 heterocycles. The minimum atomic E-state index is 0.476. The first kappa shape index (κ1) is 12.9. The fourth-order valence-corrected chi connectivity index (χ4v) is 2.01. The summed E-state index contributed by atoms with van der Waals surface area (Å²) in [6.45, 7) is 2.34. The van der Waals surface area contributed by atoms with Gasteiger partial charge in [-0.1, -0.05) is 0 Å². The molecule has 0 aliphatic heterocycles. The summed E-state index contributed by atoms with van der Waals surface area (Å²) in [5, 5.41) is 0.896. The van der Waals surface area contributed by atoms with Crippen molar-refractivity contribution in [3.63, 3.8) is 0 Å². The van der Waals surface area contributed by atoms with Crippen LogP contribution in [0, 0.1) is 6.92 Å². The van der Waals surface area contributed by atoms with Crippen LogP contribution in [0.1, 0.15) is 5.82 Å². The Kier molecular flexibility index (Phi) is 3.56. The number of hydrogen-bond donors (Lipinski definition) is 0. The monoisotopic (exact) mass is 288 g/mol. The van der Waals surface area contributed by atoms with E-state index in [0.717, 1.165) is 22.5 Å². The fourth-order valence-electron chi connectivity index (χ4n) is 1.93. The van der Waals surface area contributed by atoms with E-state index in [9.17, 15) is 0 Å². The van der Waals surface area contributed by atoms with Crippen molar-refractivity contribution in [3.8, 4) is 17.1 Å². The quantitative estimate of drug-likeness (QED) is 0.685. The van der Waals surface area contributed by atoms with Gasteiger partial charge in [0.15, 0.2) is 0 Å². The number of alkyl halides is 1. The van der Waals surface area contributed by atoms with E-state index >= 15 is 0 Å². The molecule has 0 saturated carbocycles. The Labute approximate surface area is 121 Å². The lowest BCUT2D eigenvalue weighted by Crippen LogP contribution is -1.97. The largest absolute Gasteiger partial charge is 0.492 e. The zero-order valence-corrected chi connectivity index (χ0v) is 11.7. The van der Waals surface area contributed by atoms with Crippen LogP contribution in [-0.4, -0.2) is 22.5 Å². The summed E-state index contributed by atoms with van der Waals surface area (Å²) in [5.41, 5.74) is 1.58. The molecule has 1 aromatic carbocycles. The van der Waals surface area contributed by atoms with E-state index in [0.29, 0.717) is 24.0 Å². The molecule has 2 aromatic heterocycles. The van der Waals surface area contributed by atoms with Crippen LogP contribution in [0.25, 0.3) is 22.4 Å². The second-order valence-electron chi connectivity index (χ2n) is 4.35. The molecule has 0 radical (unpaired) electrons. The standard InChI is InChI=1S/C15H13ClN2O2/c1-10-17-9-12-8-14(20-15(12)18-10)11-2-4-13(5-3-11)19-7-6-16/h2-5,8-9H,6-7H2,1H3. The topological polar surface area (TPSA) is 48.2 Å². The highest BCUT2D eigenvalue weighted by Gasteiger charge is 2.08. The maximum Gasteiger partial charge on any atom is 0.229 e. The normalized spacial score (nSPS) is 10.9. The number of halogens is 1. The highest BCUT2D eigenvalue weighted by Crippen LogP contribution is 2.27. The van der Waals surface area contributed by atoms with Gasteiger partial charge >= 0.3 is 0 Å². The Morgan fingerprint density at radius 2 is 2.05 bits per heavy atom. The number of rotatable bonds is 4. The zero-order chi connectivity index (χ0) is 13.9. The van der Waals surface area contributed by atoms with Gasteiger partial charge < -0.3 is 9.15 Å². The van der Waals surface area contributed by atoms with Gasteiger partial charge in [-0.25, -0.2) is 4.98 Å². The van der Waals surface area contributed by atoms with Crippen LogP contribution in [0.4, 0.5) is 0 Å². The van der Waals surface area contributed by atoms with Crippen molar-refractivity contribution in [2.24, 2.45) is 0 Å². The zero-order valence-electron chi connectivity index (χ0n) is 11.0. The molecule has 0 atom stereocenters. The molecule has 5 heteroatoms. The maximum atomic E-state index is 5.74. The number of benzene rings is 1. The second-order valence-corrected chi connectivity index (χ2v) is 4.73. The molecular formula is C15H13ClN2O2. The number of furan rings is 1. The van der Waals surface area contributed by atoms with Gasteiger partial charge in [0, 0.05) is 11.8 Å². The maximum absolute atomic E-state index is 5.74. The molecule has 3 rings (SSSR count). The van der Waals surface area contributed by atoms with E-state index in [1.54, 1.807) is 6.20 Å². The van der Waals surface area contributed by atoms with E-state index in [1.807, 2.05) is 37.3 Å². The van der Waals surface area contributed by atoms with Crippen LogP contribution in [0.5, 0.6) is 5.75 Å². The van der Waals surface area contributed by atoms with Gasteiger partial charge in [0.2, 0.25) is 5.71 Å². The van der Waals surface area contributed by atoms with Crippen molar-refractivity contribution in [1.82, 2.24) is 9.97 Å². The van der Waals surface area contributed by atoms with Crippen LogP contribution < -0.4 is 4.74 Å². The molecule has 102 valence electrons. The Hall–Kier alpha value is -2.07. The predicted octanol–water partition coefficient (Wildman–Crippen LogP) is 3.82. The van der Waals surface area contributed by atoms with Crippen LogP contribution >= 0.6 is 11.6 Å². The summed E-state index contributed by atoms with van der Waals surface area (Å²) in [7, 11) is 0. The first-order chi connectivity index (χ1) is 9.76. The number of hydrogen-bond acceptors (Lipinski definition) is 4. The van der Waals surface area contributed by atoms with Crippen molar-refractivity contribution in [3.05, 3.63) is 42.4 Å². The molecule has 0 amide bonds. The smallest absolute Gasteiger partial charge is 0.229 e. The fraction of sp³-hybridized carbons (Fsp3) is 0.200. The van der Waals surface area contributed by atoms with Gasteiger partial charge in [0.05, 0.1) is 11.3 Å². The molecule has 0 N–H and O–H groups in total. The average Bonchev–Trinajstić information content (AvgIpc) is 2.88. The molecule has 3 aromatic rings. The first-order valence-electron chi connectivity index (χ1n) is 6.28. The lowest BCUT2D eigenvalue weighted by molar-refractivity contribution is 0.343. The van der Waals surface area contributed by atoms with E-state index < -0.39 is 0 Å². The summed E-state index contributed by atoms with van der Waals surface area (Å²) < 4.78 is 11.2. The lowest BCUT2D eigenvalue weighted by atomic mass is 10.1. The Morgan fingerprint density at radius 1 is 1.25 bits per heavy atom. The Bertz CT molecular complexity index is 722. The first-order valence-corrected chi connectivity index (χ1v) is 6.82. The third kappa shape index (κ3) is 2.60. The highest BCUT2D eigenvalue weighted by molar-refractivity contribution is 6.18. The number of ether oxygens (including phenoxy) is 1. The Balaban J connectivity index is 1.90. The molecule has 0 bridgehead atoms. The van der Waals surface area contributed by atoms with E-state index in [4.69, 9.17) is 20.8 Å². The lowest BCUT2D eigenvalue weighted by Gasteiger charge is -2.03. The van der Waals surface area contributed by atoms with Crippen molar-refractivity contribution in [2.45, 2.75) is 6.92 Å². The number of aromatic nitrogens is 2. The third-order valence-electron chi connectivity index (χ3n) is 2.88. The summed E-state index contributed by atoms with van der Waals surface area (Å²) in [6.07, 6.45) is 1.77. The average molecular weight is 289 g/mol. The minimum absolute atomic E-state index is 0.476. The van der Waals surface area contributed by atoms with Crippen LogP contribution in [0.3, 0.4) is 0 Å². The molecular weight excluding hydrogens is 276 g/mol. The second kappa shape index (κ2) is 5.51. The molecule has 0 aliphatic rings. The molecule has 0 spiro atoms. The van der Waals surface area contributed by atoms with Crippen molar-refractivity contribution in [1.29, 1.82) is 0 Å². The highest BCUT2D eigenvalue weighted by atomic mass is 35.5. The summed E-state index contributed by atoms with van der Waals surface area (Å²) >= 11 is 5.58. The van der Waals surface area contributed by atoms with Crippen molar-refractivity contribution >= 4 is 22.7 Å². The molecule has 0 aliphatic carbocycles. The van der Waals surface area contributed by atoms with E-state index in [2.05, 4.69) is 9.97 Å².